The summed E-state index contributed by atoms with van der Waals surface area (Å²) in [6.45, 7) is 0. The fourth-order valence-electron chi connectivity index (χ4n) is 3.02. The summed E-state index contributed by atoms with van der Waals surface area (Å²) in [5, 5.41) is 6.00. The summed E-state index contributed by atoms with van der Waals surface area (Å²) in [6.07, 6.45) is 9.80. The molecular formula is C17H22N2O. The van der Waals surface area contributed by atoms with Crippen molar-refractivity contribution >= 4 is 16.6 Å². The number of methoxy groups -OCH3 is 1. The SMILES string of the molecule is COc1ccc2c(NC3CCCCCC3)nccc2c1. The third-order valence-electron chi connectivity index (χ3n) is 4.17. The van der Waals surface area contributed by atoms with E-state index in [1.807, 2.05) is 18.3 Å². The molecule has 3 rings (SSSR count). The second-order valence-corrected chi connectivity index (χ2v) is 5.58. The number of aromatic nitrogens is 1. The molecule has 3 heteroatoms. The fraction of sp³-hybridized carbons (Fsp3) is 0.471. The Morgan fingerprint density at radius 3 is 2.65 bits per heavy atom. The average molecular weight is 270 g/mol. The molecule has 1 saturated carbocycles. The number of rotatable bonds is 3. The molecule has 1 fully saturated rings. The van der Waals surface area contributed by atoms with Crippen molar-refractivity contribution in [2.75, 3.05) is 12.4 Å². The van der Waals surface area contributed by atoms with E-state index in [4.69, 9.17) is 4.74 Å². The Balaban J connectivity index is 1.86. The molecule has 1 aromatic carbocycles. The van der Waals surface area contributed by atoms with Crippen molar-refractivity contribution in [2.45, 2.75) is 44.6 Å². The number of hydrogen-bond donors (Lipinski definition) is 1. The summed E-state index contributed by atoms with van der Waals surface area (Å²) < 4.78 is 5.29. The van der Waals surface area contributed by atoms with Crippen LogP contribution in [0.2, 0.25) is 0 Å². The maximum atomic E-state index is 5.29. The third kappa shape index (κ3) is 2.87. The molecular weight excluding hydrogens is 248 g/mol. The van der Waals surface area contributed by atoms with Gasteiger partial charge < -0.3 is 10.1 Å². The molecule has 0 aliphatic heterocycles. The minimum Gasteiger partial charge on any atom is -0.497 e. The van der Waals surface area contributed by atoms with Gasteiger partial charge in [-0.15, -0.1) is 0 Å². The van der Waals surface area contributed by atoms with Gasteiger partial charge in [0.25, 0.3) is 0 Å². The summed E-state index contributed by atoms with van der Waals surface area (Å²) in [5.41, 5.74) is 0. The molecule has 0 radical (unpaired) electrons. The average Bonchev–Trinajstić information content (AvgIpc) is 2.75. The van der Waals surface area contributed by atoms with Crippen LogP contribution in [0.25, 0.3) is 10.8 Å². The van der Waals surface area contributed by atoms with Crippen LogP contribution in [0.4, 0.5) is 5.82 Å². The van der Waals surface area contributed by atoms with E-state index in [2.05, 4.69) is 22.4 Å². The third-order valence-corrected chi connectivity index (χ3v) is 4.17. The number of benzene rings is 1. The van der Waals surface area contributed by atoms with Gasteiger partial charge in [-0.05, 0) is 42.5 Å². The lowest BCUT2D eigenvalue weighted by molar-refractivity contribution is 0.415. The van der Waals surface area contributed by atoms with Crippen molar-refractivity contribution in [3.8, 4) is 5.75 Å². The van der Waals surface area contributed by atoms with Crippen LogP contribution in [-0.2, 0) is 0 Å². The Bertz CT molecular complexity index is 574. The molecule has 0 saturated heterocycles. The quantitative estimate of drug-likeness (QED) is 0.840. The molecule has 20 heavy (non-hydrogen) atoms. The fourth-order valence-corrected chi connectivity index (χ4v) is 3.02. The maximum absolute atomic E-state index is 5.29. The zero-order valence-electron chi connectivity index (χ0n) is 12.1. The van der Waals surface area contributed by atoms with Crippen LogP contribution in [0.3, 0.4) is 0 Å². The number of pyridine rings is 1. The number of fused-ring (bicyclic) bond motifs is 1. The van der Waals surface area contributed by atoms with E-state index in [0.717, 1.165) is 11.6 Å². The first-order chi connectivity index (χ1) is 9.86. The molecule has 0 bridgehead atoms. The Labute approximate surface area is 120 Å². The predicted molar refractivity (Wildman–Crippen MR) is 83.4 cm³/mol. The van der Waals surface area contributed by atoms with Crippen molar-refractivity contribution in [3.05, 3.63) is 30.5 Å². The van der Waals surface area contributed by atoms with Crippen LogP contribution < -0.4 is 10.1 Å². The van der Waals surface area contributed by atoms with E-state index in [1.54, 1.807) is 7.11 Å². The maximum Gasteiger partial charge on any atom is 0.134 e. The van der Waals surface area contributed by atoms with Crippen molar-refractivity contribution in [2.24, 2.45) is 0 Å². The zero-order chi connectivity index (χ0) is 13.8. The monoisotopic (exact) mass is 270 g/mol. The van der Waals surface area contributed by atoms with Gasteiger partial charge in [0.1, 0.15) is 11.6 Å². The molecule has 0 unspecified atom stereocenters. The van der Waals surface area contributed by atoms with Gasteiger partial charge in [-0.25, -0.2) is 4.98 Å². The Morgan fingerprint density at radius 2 is 1.90 bits per heavy atom. The van der Waals surface area contributed by atoms with Gasteiger partial charge in [-0.1, -0.05) is 25.7 Å². The van der Waals surface area contributed by atoms with E-state index < -0.39 is 0 Å². The van der Waals surface area contributed by atoms with Crippen LogP contribution in [0.5, 0.6) is 5.75 Å². The summed E-state index contributed by atoms with van der Waals surface area (Å²) in [7, 11) is 1.70. The first-order valence-corrected chi connectivity index (χ1v) is 7.56. The Kier molecular flexibility index (Phi) is 4.05. The Hall–Kier alpha value is -1.77. The highest BCUT2D eigenvalue weighted by atomic mass is 16.5. The van der Waals surface area contributed by atoms with Gasteiger partial charge in [-0.2, -0.15) is 0 Å². The van der Waals surface area contributed by atoms with Gasteiger partial charge in [0, 0.05) is 17.6 Å². The molecule has 1 heterocycles. The van der Waals surface area contributed by atoms with Crippen LogP contribution in [0.1, 0.15) is 38.5 Å². The number of ether oxygens (including phenoxy) is 1. The molecule has 0 amide bonds. The van der Waals surface area contributed by atoms with Gasteiger partial charge in [0.15, 0.2) is 0 Å². The van der Waals surface area contributed by atoms with Gasteiger partial charge in [0.05, 0.1) is 7.11 Å². The molecule has 1 N–H and O–H groups in total. The number of anilines is 1. The predicted octanol–water partition coefficient (Wildman–Crippen LogP) is 4.38. The number of hydrogen-bond acceptors (Lipinski definition) is 3. The lowest BCUT2D eigenvalue weighted by atomic mass is 10.1. The highest BCUT2D eigenvalue weighted by Crippen LogP contribution is 2.27. The molecule has 1 aliphatic carbocycles. The van der Waals surface area contributed by atoms with Crippen molar-refractivity contribution < 1.29 is 4.74 Å². The lowest BCUT2D eigenvalue weighted by Crippen LogP contribution is -2.19. The molecule has 0 spiro atoms. The van der Waals surface area contributed by atoms with Crippen LogP contribution >= 0.6 is 0 Å². The van der Waals surface area contributed by atoms with Gasteiger partial charge in [0.2, 0.25) is 0 Å². The van der Waals surface area contributed by atoms with E-state index in [1.165, 1.54) is 49.3 Å². The minimum absolute atomic E-state index is 0.567. The first kappa shape index (κ1) is 13.2. The molecule has 0 atom stereocenters. The van der Waals surface area contributed by atoms with E-state index >= 15 is 0 Å². The largest absolute Gasteiger partial charge is 0.497 e. The van der Waals surface area contributed by atoms with Crippen LogP contribution in [-0.4, -0.2) is 18.1 Å². The topological polar surface area (TPSA) is 34.1 Å². The summed E-state index contributed by atoms with van der Waals surface area (Å²) in [5.74, 6) is 1.90. The first-order valence-electron chi connectivity index (χ1n) is 7.56. The normalized spacial score (nSPS) is 16.9. The van der Waals surface area contributed by atoms with E-state index in [9.17, 15) is 0 Å². The van der Waals surface area contributed by atoms with Crippen molar-refractivity contribution in [1.29, 1.82) is 0 Å². The van der Waals surface area contributed by atoms with Gasteiger partial charge >= 0.3 is 0 Å². The Morgan fingerprint density at radius 1 is 1.10 bits per heavy atom. The van der Waals surface area contributed by atoms with Crippen molar-refractivity contribution in [1.82, 2.24) is 4.98 Å². The summed E-state index contributed by atoms with van der Waals surface area (Å²) in [4.78, 5) is 4.54. The number of nitrogens with zero attached hydrogens (tertiary/aromatic N) is 1. The second-order valence-electron chi connectivity index (χ2n) is 5.58. The van der Waals surface area contributed by atoms with E-state index in [-0.39, 0.29) is 0 Å². The smallest absolute Gasteiger partial charge is 0.134 e. The van der Waals surface area contributed by atoms with Crippen molar-refractivity contribution in [3.63, 3.8) is 0 Å². The summed E-state index contributed by atoms with van der Waals surface area (Å²) in [6, 6.07) is 8.77. The summed E-state index contributed by atoms with van der Waals surface area (Å²) >= 11 is 0. The van der Waals surface area contributed by atoms with Crippen LogP contribution in [0, 0.1) is 0 Å². The standard InChI is InChI=1S/C17H22N2O/c1-20-15-8-9-16-13(12-15)10-11-18-17(16)19-14-6-4-2-3-5-7-14/h8-12,14H,2-7H2,1H3,(H,18,19). The lowest BCUT2D eigenvalue weighted by Gasteiger charge is -2.18. The highest BCUT2D eigenvalue weighted by molar-refractivity contribution is 5.92. The molecule has 1 aliphatic rings. The zero-order valence-corrected chi connectivity index (χ0v) is 12.1. The second kappa shape index (κ2) is 6.12. The number of nitrogens with one attached hydrogen (secondary N) is 1. The van der Waals surface area contributed by atoms with Gasteiger partial charge in [-0.3, -0.25) is 0 Å². The minimum atomic E-state index is 0.567. The van der Waals surface area contributed by atoms with Crippen LogP contribution in [0.15, 0.2) is 30.5 Å². The molecule has 3 nitrogen and oxygen atoms in total. The van der Waals surface area contributed by atoms with E-state index in [0.29, 0.717) is 6.04 Å². The molecule has 1 aromatic heterocycles. The molecule has 106 valence electrons. The highest BCUT2D eigenvalue weighted by Gasteiger charge is 2.13. The molecule has 2 aromatic rings.